The summed E-state index contributed by atoms with van der Waals surface area (Å²) in [4.78, 5) is 15.5. The normalized spacial score (nSPS) is 11.9. The number of nitrogens with zero attached hydrogens (tertiary/aromatic N) is 1. The van der Waals surface area contributed by atoms with Gasteiger partial charge in [0, 0.05) is 17.4 Å². The lowest BCUT2D eigenvalue weighted by Crippen LogP contribution is -2.37. The Bertz CT molecular complexity index is 1050. The smallest absolute Gasteiger partial charge is 0.416 e. The fourth-order valence-electron chi connectivity index (χ4n) is 2.61. The zero-order valence-electron chi connectivity index (χ0n) is 16.8. The van der Waals surface area contributed by atoms with E-state index in [1.165, 1.54) is 31.3 Å². The van der Waals surface area contributed by atoms with Crippen LogP contribution in [0, 0.1) is 0 Å². The maximum Gasteiger partial charge on any atom is 0.416 e. The van der Waals surface area contributed by atoms with E-state index in [0.29, 0.717) is 35.8 Å². The fraction of sp³-hybridized carbons (Fsp3) is 0.273. The number of aromatic nitrogens is 1. The van der Waals surface area contributed by atoms with Gasteiger partial charge in [0.25, 0.3) is 0 Å². The van der Waals surface area contributed by atoms with Crippen LogP contribution in [0.3, 0.4) is 0 Å². The summed E-state index contributed by atoms with van der Waals surface area (Å²) in [6.07, 6.45) is -3.90. The van der Waals surface area contributed by atoms with Gasteiger partial charge >= 0.3 is 12.1 Å². The lowest BCUT2D eigenvalue weighted by Gasteiger charge is -2.21. The lowest BCUT2D eigenvalue weighted by molar-refractivity contribution is -0.152. The van der Waals surface area contributed by atoms with Crippen molar-refractivity contribution in [3.8, 4) is 22.8 Å². The Balaban J connectivity index is 1.55. The Kier molecular flexibility index (Phi) is 6.54. The minimum atomic E-state index is -4.40. The molecule has 0 bridgehead atoms. The third-order valence-electron chi connectivity index (χ3n) is 4.33. The van der Waals surface area contributed by atoms with Crippen LogP contribution in [0.5, 0.6) is 11.5 Å². The second-order valence-corrected chi connectivity index (χ2v) is 8.14. The summed E-state index contributed by atoms with van der Waals surface area (Å²) in [5.41, 5.74) is -1.14. The molecule has 0 fully saturated rings. The summed E-state index contributed by atoms with van der Waals surface area (Å²) in [5, 5.41) is 11.6. The molecule has 0 amide bonds. The van der Waals surface area contributed by atoms with Crippen LogP contribution in [0.15, 0.2) is 53.9 Å². The fourth-order valence-corrected chi connectivity index (χ4v) is 3.40. The number of halogens is 3. The van der Waals surface area contributed by atoms with Crippen LogP contribution in [-0.4, -0.2) is 28.3 Å². The van der Waals surface area contributed by atoms with Gasteiger partial charge in [-0.15, -0.1) is 11.3 Å². The first-order chi connectivity index (χ1) is 14.5. The number of carboxylic acid groups (broad SMARTS) is 1. The van der Waals surface area contributed by atoms with Crippen molar-refractivity contribution < 1.29 is 32.5 Å². The number of carbonyl (C=O) groups is 1. The molecule has 0 spiro atoms. The SMILES string of the molecule is CC(C)(Oc1ccc(OCCc2nc(-c3cccc(C(F)(F)F)c3)cs2)cc1)C(=O)O. The molecule has 0 aliphatic carbocycles. The highest BCUT2D eigenvalue weighted by molar-refractivity contribution is 7.09. The van der Waals surface area contributed by atoms with Gasteiger partial charge in [0.05, 0.1) is 22.9 Å². The van der Waals surface area contributed by atoms with E-state index >= 15 is 0 Å². The van der Waals surface area contributed by atoms with Gasteiger partial charge < -0.3 is 14.6 Å². The van der Waals surface area contributed by atoms with Gasteiger partial charge in [-0.1, -0.05) is 12.1 Å². The topological polar surface area (TPSA) is 68.7 Å². The van der Waals surface area contributed by atoms with Crippen LogP contribution < -0.4 is 9.47 Å². The molecule has 0 saturated heterocycles. The van der Waals surface area contributed by atoms with Crippen molar-refractivity contribution in [3.63, 3.8) is 0 Å². The first-order valence-electron chi connectivity index (χ1n) is 9.32. The average Bonchev–Trinajstić information content (AvgIpc) is 3.17. The second-order valence-electron chi connectivity index (χ2n) is 7.19. The first kappa shape index (κ1) is 22.6. The number of carboxylic acids is 1. The van der Waals surface area contributed by atoms with Gasteiger partial charge in [-0.05, 0) is 50.2 Å². The quantitative estimate of drug-likeness (QED) is 0.476. The Labute approximate surface area is 181 Å². The summed E-state index contributed by atoms with van der Waals surface area (Å²) >= 11 is 1.36. The maximum atomic E-state index is 12.9. The molecule has 1 heterocycles. The minimum absolute atomic E-state index is 0.330. The highest BCUT2D eigenvalue weighted by Gasteiger charge is 2.31. The molecule has 0 saturated carbocycles. The molecule has 0 atom stereocenters. The standard InChI is InChI=1S/C22H20F3NO4S/c1-21(2,20(27)28)30-17-8-6-16(7-9-17)29-11-10-19-26-18(13-31-19)14-4-3-5-15(12-14)22(23,24)25/h3-9,12-13H,10-11H2,1-2H3,(H,27,28). The van der Waals surface area contributed by atoms with Crippen molar-refractivity contribution in [2.24, 2.45) is 0 Å². The molecule has 0 aliphatic rings. The van der Waals surface area contributed by atoms with E-state index in [1.807, 2.05) is 0 Å². The molecule has 0 unspecified atom stereocenters. The highest BCUT2D eigenvalue weighted by atomic mass is 32.1. The molecule has 2 aromatic carbocycles. The van der Waals surface area contributed by atoms with E-state index < -0.39 is 23.3 Å². The summed E-state index contributed by atoms with van der Waals surface area (Å²) in [6, 6.07) is 11.7. The number of aliphatic carboxylic acids is 1. The second kappa shape index (κ2) is 8.97. The van der Waals surface area contributed by atoms with Crippen LogP contribution in [0.2, 0.25) is 0 Å². The van der Waals surface area contributed by atoms with E-state index in [2.05, 4.69) is 4.98 Å². The molecule has 1 aromatic heterocycles. The van der Waals surface area contributed by atoms with Gasteiger partial charge in [-0.2, -0.15) is 13.2 Å². The number of ether oxygens (including phenoxy) is 2. The van der Waals surface area contributed by atoms with E-state index in [1.54, 1.807) is 35.7 Å². The summed E-state index contributed by atoms with van der Waals surface area (Å²) in [7, 11) is 0. The first-order valence-corrected chi connectivity index (χ1v) is 10.2. The average molecular weight is 451 g/mol. The molecule has 0 aliphatic heterocycles. The molecule has 3 rings (SSSR count). The largest absolute Gasteiger partial charge is 0.493 e. The Morgan fingerprint density at radius 1 is 1.10 bits per heavy atom. The molecule has 3 aromatic rings. The van der Waals surface area contributed by atoms with Crippen LogP contribution >= 0.6 is 11.3 Å². The van der Waals surface area contributed by atoms with E-state index in [9.17, 15) is 18.0 Å². The Morgan fingerprint density at radius 2 is 1.77 bits per heavy atom. The summed E-state index contributed by atoms with van der Waals surface area (Å²) < 4.78 is 49.8. The van der Waals surface area contributed by atoms with Crippen molar-refractivity contribution in [2.45, 2.75) is 32.0 Å². The van der Waals surface area contributed by atoms with E-state index in [0.717, 1.165) is 17.1 Å². The predicted octanol–water partition coefficient (Wildman–Crippen LogP) is 5.69. The zero-order valence-corrected chi connectivity index (χ0v) is 17.6. The van der Waals surface area contributed by atoms with Crippen LogP contribution in [0.4, 0.5) is 13.2 Å². The highest BCUT2D eigenvalue weighted by Crippen LogP contribution is 2.32. The third kappa shape index (κ3) is 5.97. The van der Waals surface area contributed by atoms with Crippen LogP contribution in [0.25, 0.3) is 11.3 Å². The third-order valence-corrected chi connectivity index (χ3v) is 5.24. The van der Waals surface area contributed by atoms with Gasteiger partial charge in [-0.3, -0.25) is 0 Å². The predicted molar refractivity (Wildman–Crippen MR) is 111 cm³/mol. The molecule has 164 valence electrons. The van der Waals surface area contributed by atoms with Crippen molar-refractivity contribution in [1.29, 1.82) is 0 Å². The Hall–Kier alpha value is -3.07. The number of hydrogen-bond acceptors (Lipinski definition) is 5. The molecular formula is C22H20F3NO4S. The number of benzene rings is 2. The van der Waals surface area contributed by atoms with Crippen LogP contribution in [-0.2, 0) is 17.4 Å². The van der Waals surface area contributed by atoms with Crippen LogP contribution in [0.1, 0.15) is 24.4 Å². The van der Waals surface area contributed by atoms with Gasteiger partial charge in [0.2, 0.25) is 0 Å². The van der Waals surface area contributed by atoms with Gasteiger partial charge in [0.15, 0.2) is 5.60 Å². The van der Waals surface area contributed by atoms with Crippen molar-refractivity contribution in [1.82, 2.24) is 4.98 Å². The van der Waals surface area contributed by atoms with Crippen molar-refractivity contribution in [3.05, 3.63) is 64.5 Å². The lowest BCUT2D eigenvalue weighted by atomic mass is 10.1. The van der Waals surface area contributed by atoms with Gasteiger partial charge in [-0.25, -0.2) is 9.78 Å². The molecule has 31 heavy (non-hydrogen) atoms. The minimum Gasteiger partial charge on any atom is -0.493 e. The summed E-state index contributed by atoms with van der Waals surface area (Å²) in [5.74, 6) is -0.0821. The zero-order chi connectivity index (χ0) is 22.6. The summed E-state index contributed by atoms with van der Waals surface area (Å²) in [6.45, 7) is 3.25. The number of rotatable bonds is 8. The molecule has 9 heteroatoms. The van der Waals surface area contributed by atoms with E-state index in [4.69, 9.17) is 14.6 Å². The molecular weight excluding hydrogens is 431 g/mol. The van der Waals surface area contributed by atoms with Crippen molar-refractivity contribution in [2.75, 3.05) is 6.61 Å². The maximum absolute atomic E-state index is 12.9. The number of thiazole rings is 1. The van der Waals surface area contributed by atoms with Crippen molar-refractivity contribution >= 4 is 17.3 Å². The monoisotopic (exact) mass is 451 g/mol. The van der Waals surface area contributed by atoms with Gasteiger partial charge in [0.1, 0.15) is 11.5 Å². The molecule has 0 radical (unpaired) electrons. The molecule has 1 N–H and O–H groups in total. The molecule has 5 nitrogen and oxygen atoms in total. The Morgan fingerprint density at radius 3 is 2.42 bits per heavy atom. The van der Waals surface area contributed by atoms with E-state index in [-0.39, 0.29) is 0 Å². The number of hydrogen-bond donors (Lipinski definition) is 1. The number of alkyl halides is 3.